The first-order chi connectivity index (χ1) is 16.4. The second-order valence-corrected chi connectivity index (χ2v) is 14.2. The summed E-state index contributed by atoms with van der Waals surface area (Å²) in [4.78, 5) is 0. The molecule has 0 fully saturated rings. The summed E-state index contributed by atoms with van der Waals surface area (Å²) in [5, 5.41) is 1.93. The van der Waals surface area contributed by atoms with Crippen molar-refractivity contribution in [3.05, 3.63) is 90.0 Å². The van der Waals surface area contributed by atoms with Gasteiger partial charge in [-0.15, -0.1) is 0 Å². The van der Waals surface area contributed by atoms with Crippen LogP contribution in [0.4, 0.5) is 13.2 Å². The molecule has 2 atom stereocenters. The molecule has 0 radical (unpaired) electrons. The van der Waals surface area contributed by atoms with E-state index in [9.17, 15) is 13.2 Å². The Hall–Kier alpha value is -2.61. The molecule has 0 aromatic heterocycles. The van der Waals surface area contributed by atoms with Crippen molar-refractivity contribution in [1.82, 2.24) is 0 Å². The largest absolute Gasteiger partial charge is 0.490 e. The van der Waals surface area contributed by atoms with Crippen LogP contribution in [0, 0.1) is 0 Å². The molecule has 3 aromatic rings. The average molecular weight is 502 g/mol. The van der Waals surface area contributed by atoms with Gasteiger partial charge in [0, 0.05) is 11.6 Å². The number of alkyl halides is 3. The van der Waals surface area contributed by atoms with Crippen molar-refractivity contribution in [1.29, 1.82) is 0 Å². The zero-order chi connectivity index (χ0) is 25.9. The monoisotopic (exact) mass is 501 g/mol. The molecular weight excluding hydrogens is 467 g/mol. The molecule has 0 unspecified atom stereocenters. The van der Waals surface area contributed by atoms with Crippen molar-refractivity contribution >= 4 is 18.7 Å². The number of para-hydroxylation sites is 1. The van der Waals surface area contributed by atoms with Crippen LogP contribution in [0.5, 0.6) is 5.75 Å². The fourth-order valence-corrected chi connectivity index (χ4v) is 9.21. The van der Waals surface area contributed by atoms with Gasteiger partial charge in [-0.3, -0.25) is 0 Å². The number of benzene rings is 3. The maximum absolute atomic E-state index is 13.7. The third kappa shape index (κ3) is 5.80. The summed E-state index contributed by atoms with van der Waals surface area (Å²) in [6, 6.07) is 23.5. The molecule has 0 spiro atoms. The lowest BCUT2D eigenvalue weighted by Gasteiger charge is -2.44. The Morgan fingerprint density at radius 1 is 0.800 bits per heavy atom. The van der Waals surface area contributed by atoms with Gasteiger partial charge in [0.2, 0.25) is 0 Å². The minimum Gasteiger partial charge on any atom is -0.490 e. The van der Waals surface area contributed by atoms with Crippen LogP contribution in [0.3, 0.4) is 0 Å². The van der Waals surface area contributed by atoms with Gasteiger partial charge in [-0.2, -0.15) is 13.2 Å². The molecule has 0 saturated carbocycles. The Balaban J connectivity index is 2.00. The number of hydrogen-bond donors (Lipinski definition) is 1. The maximum atomic E-state index is 13.7. The summed E-state index contributed by atoms with van der Waals surface area (Å²) in [5.41, 5.74) is 5.46. The second-order valence-electron chi connectivity index (χ2n) is 9.91. The summed E-state index contributed by atoms with van der Waals surface area (Å²) < 4.78 is 54.0. The topological polar surface area (TPSA) is 44.5 Å². The van der Waals surface area contributed by atoms with Crippen molar-refractivity contribution in [2.45, 2.75) is 58.0 Å². The fourth-order valence-electron chi connectivity index (χ4n) is 4.53. The molecule has 3 rings (SSSR count). The van der Waals surface area contributed by atoms with E-state index in [4.69, 9.17) is 14.9 Å². The molecule has 188 valence electrons. The second kappa shape index (κ2) is 10.6. The molecule has 0 saturated heterocycles. The zero-order valence-corrected chi connectivity index (χ0v) is 21.9. The summed E-state index contributed by atoms with van der Waals surface area (Å²) in [6.45, 7) is 9.91. The van der Waals surface area contributed by atoms with Crippen LogP contribution in [0.15, 0.2) is 78.9 Å². The predicted molar refractivity (Wildman–Crippen MR) is 138 cm³/mol. The van der Waals surface area contributed by atoms with Gasteiger partial charge in [0.05, 0.1) is 11.7 Å². The zero-order valence-electron chi connectivity index (χ0n) is 20.9. The van der Waals surface area contributed by atoms with Crippen molar-refractivity contribution in [3.63, 3.8) is 0 Å². The van der Waals surface area contributed by atoms with Crippen LogP contribution in [0.1, 0.15) is 51.8 Å². The molecule has 0 heterocycles. The van der Waals surface area contributed by atoms with E-state index in [0.29, 0.717) is 5.56 Å². The quantitative estimate of drug-likeness (QED) is 0.381. The summed E-state index contributed by atoms with van der Waals surface area (Å²) in [7, 11) is -2.86. The molecular formula is C28H34F3NO2Si. The Labute approximate surface area is 207 Å². The van der Waals surface area contributed by atoms with Gasteiger partial charge in [-0.1, -0.05) is 93.6 Å². The van der Waals surface area contributed by atoms with Crippen molar-refractivity contribution < 1.29 is 22.3 Å². The normalized spacial score (nSPS) is 14.4. The number of hydrogen-bond acceptors (Lipinski definition) is 3. The van der Waals surface area contributed by atoms with E-state index in [1.807, 2.05) is 43.3 Å². The lowest BCUT2D eigenvalue weighted by atomic mass is 10.0. The van der Waals surface area contributed by atoms with Gasteiger partial charge >= 0.3 is 6.18 Å². The van der Waals surface area contributed by atoms with Gasteiger partial charge in [0.25, 0.3) is 8.32 Å². The van der Waals surface area contributed by atoms with Crippen molar-refractivity contribution in [2.75, 3.05) is 6.61 Å². The Kier molecular flexibility index (Phi) is 8.14. The Morgan fingerprint density at radius 3 is 1.74 bits per heavy atom. The lowest BCUT2D eigenvalue weighted by molar-refractivity contribution is -0.139. The van der Waals surface area contributed by atoms with Crippen molar-refractivity contribution in [2.24, 2.45) is 5.73 Å². The predicted octanol–water partition coefficient (Wildman–Crippen LogP) is 6.07. The molecule has 0 aliphatic carbocycles. The van der Waals surface area contributed by atoms with E-state index in [0.717, 1.165) is 16.4 Å². The number of nitrogens with two attached hydrogens (primary N) is 1. The first kappa shape index (κ1) is 27.0. The third-order valence-corrected chi connectivity index (χ3v) is 11.3. The summed E-state index contributed by atoms with van der Waals surface area (Å²) in [6.07, 6.45) is -5.04. The molecule has 35 heavy (non-hydrogen) atoms. The van der Waals surface area contributed by atoms with Gasteiger partial charge < -0.3 is 14.9 Å². The van der Waals surface area contributed by atoms with Crippen LogP contribution in [-0.4, -0.2) is 21.0 Å². The Bertz CT molecular complexity index is 1060. The molecule has 0 aliphatic rings. The van der Waals surface area contributed by atoms with Gasteiger partial charge in [0.15, 0.2) is 0 Å². The standard InChI is InChI=1S/C28H34F3NO2Si/c1-20(19-33-26-24(21(2)32)17-12-18-25(26)28(29,30)31)34-35(27(3,4)5,22-13-8-6-9-14-22)23-15-10-7-11-16-23/h6-18,20-21H,19,32H2,1-5H3/t20-,21-/m1/s1. The van der Waals surface area contributed by atoms with Gasteiger partial charge in [-0.25, -0.2) is 0 Å². The van der Waals surface area contributed by atoms with Gasteiger partial charge in [0.1, 0.15) is 12.4 Å². The highest BCUT2D eigenvalue weighted by atomic mass is 28.4. The maximum Gasteiger partial charge on any atom is 0.419 e. The van der Waals surface area contributed by atoms with E-state index < -0.39 is 32.2 Å². The van der Waals surface area contributed by atoms with Crippen LogP contribution in [-0.2, 0) is 10.6 Å². The highest BCUT2D eigenvalue weighted by Gasteiger charge is 2.51. The lowest BCUT2D eigenvalue weighted by Crippen LogP contribution is -2.67. The summed E-state index contributed by atoms with van der Waals surface area (Å²) in [5.74, 6) is -0.229. The average Bonchev–Trinajstić information content (AvgIpc) is 2.80. The van der Waals surface area contributed by atoms with E-state index >= 15 is 0 Å². The SMILES string of the molecule is C[C@H](COc1c([C@@H](C)N)cccc1C(F)(F)F)O[Si](c1ccccc1)(c1ccccc1)C(C)(C)C. The third-order valence-electron chi connectivity index (χ3n) is 6.10. The van der Waals surface area contributed by atoms with Gasteiger partial charge in [-0.05, 0) is 35.3 Å². The Morgan fingerprint density at radius 2 is 1.31 bits per heavy atom. The van der Waals surface area contributed by atoms with Crippen molar-refractivity contribution in [3.8, 4) is 5.75 Å². The fraction of sp³-hybridized carbons (Fsp3) is 0.357. The molecule has 3 aromatic carbocycles. The van der Waals surface area contributed by atoms with E-state index in [1.54, 1.807) is 13.0 Å². The number of ether oxygens (including phenoxy) is 1. The first-order valence-corrected chi connectivity index (χ1v) is 13.7. The highest BCUT2D eigenvalue weighted by Crippen LogP contribution is 2.41. The number of rotatable bonds is 8. The molecule has 0 bridgehead atoms. The molecule has 7 heteroatoms. The number of halogens is 3. The van der Waals surface area contributed by atoms with E-state index in [2.05, 4.69) is 45.0 Å². The first-order valence-electron chi connectivity index (χ1n) is 11.7. The van der Waals surface area contributed by atoms with Crippen LogP contribution in [0.25, 0.3) is 0 Å². The minimum atomic E-state index is -4.55. The van der Waals surface area contributed by atoms with Crippen LogP contribution < -0.4 is 20.8 Å². The van der Waals surface area contributed by atoms with E-state index in [1.165, 1.54) is 6.07 Å². The van der Waals surface area contributed by atoms with Crippen LogP contribution >= 0.6 is 0 Å². The summed E-state index contributed by atoms with van der Waals surface area (Å²) >= 11 is 0. The molecule has 0 amide bonds. The molecule has 2 N–H and O–H groups in total. The molecule has 3 nitrogen and oxygen atoms in total. The van der Waals surface area contributed by atoms with Crippen LogP contribution in [0.2, 0.25) is 5.04 Å². The highest BCUT2D eigenvalue weighted by molar-refractivity contribution is 6.99. The minimum absolute atomic E-state index is 0.0443. The van der Waals surface area contributed by atoms with E-state index in [-0.39, 0.29) is 17.4 Å². The molecule has 0 aliphatic heterocycles. The smallest absolute Gasteiger partial charge is 0.419 e.